The SMILES string of the molecule is CCN(CC(C)(C)O)C1CCCC(=O)C1. The predicted molar refractivity (Wildman–Crippen MR) is 60.8 cm³/mol. The van der Waals surface area contributed by atoms with Gasteiger partial charge in [0.2, 0.25) is 0 Å². The number of likely N-dealkylation sites (N-methyl/N-ethyl adjacent to an activating group) is 1. The van der Waals surface area contributed by atoms with Crippen molar-refractivity contribution >= 4 is 5.78 Å². The highest BCUT2D eigenvalue weighted by molar-refractivity contribution is 5.79. The molecular weight excluding hydrogens is 190 g/mol. The van der Waals surface area contributed by atoms with Gasteiger partial charge in [-0.25, -0.2) is 0 Å². The second kappa shape index (κ2) is 5.08. The number of aliphatic hydroxyl groups is 1. The Kier molecular flexibility index (Phi) is 4.29. The third-order valence-electron chi connectivity index (χ3n) is 2.97. The van der Waals surface area contributed by atoms with Crippen LogP contribution in [0, 0.1) is 0 Å². The van der Waals surface area contributed by atoms with Crippen molar-refractivity contribution in [3.63, 3.8) is 0 Å². The minimum Gasteiger partial charge on any atom is -0.389 e. The van der Waals surface area contributed by atoms with Crippen LogP contribution in [0.25, 0.3) is 0 Å². The van der Waals surface area contributed by atoms with Crippen LogP contribution in [0.15, 0.2) is 0 Å². The average molecular weight is 213 g/mol. The Morgan fingerprint density at radius 1 is 1.53 bits per heavy atom. The van der Waals surface area contributed by atoms with Crippen LogP contribution in [0.2, 0.25) is 0 Å². The molecule has 0 aliphatic heterocycles. The molecule has 3 heteroatoms. The smallest absolute Gasteiger partial charge is 0.134 e. The number of nitrogens with zero attached hydrogens (tertiary/aromatic N) is 1. The Morgan fingerprint density at radius 2 is 2.20 bits per heavy atom. The minimum atomic E-state index is -0.670. The lowest BCUT2D eigenvalue weighted by Crippen LogP contribution is -2.46. The van der Waals surface area contributed by atoms with E-state index >= 15 is 0 Å². The number of carbonyl (C=O) groups excluding carboxylic acids is 1. The number of carbonyl (C=O) groups is 1. The topological polar surface area (TPSA) is 40.5 Å². The van der Waals surface area contributed by atoms with Crippen LogP contribution in [0.3, 0.4) is 0 Å². The van der Waals surface area contributed by atoms with Crippen LogP contribution in [-0.2, 0) is 4.79 Å². The van der Waals surface area contributed by atoms with Gasteiger partial charge in [-0.05, 0) is 33.2 Å². The summed E-state index contributed by atoms with van der Waals surface area (Å²) >= 11 is 0. The van der Waals surface area contributed by atoms with Gasteiger partial charge in [-0.2, -0.15) is 0 Å². The van der Waals surface area contributed by atoms with E-state index in [1.165, 1.54) is 0 Å². The monoisotopic (exact) mass is 213 g/mol. The first-order valence-electron chi connectivity index (χ1n) is 5.90. The molecule has 3 nitrogen and oxygen atoms in total. The highest BCUT2D eigenvalue weighted by atomic mass is 16.3. The molecule has 1 saturated carbocycles. The van der Waals surface area contributed by atoms with Gasteiger partial charge < -0.3 is 5.11 Å². The molecule has 1 rings (SSSR count). The zero-order valence-corrected chi connectivity index (χ0v) is 10.1. The summed E-state index contributed by atoms with van der Waals surface area (Å²) in [6, 6.07) is 0.350. The van der Waals surface area contributed by atoms with Crippen LogP contribution in [0.4, 0.5) is 0 Å². The molecule has 0 bridgehead atoms. The van der Waals surface area contributed by atoms with E-state index in [2.05, 4.69) is 11.8 Å². The zero-order chi connectivity index (χ0) is 11.5. The normalized spacial score (nSPS) is 23.5. The second-order valence-corrected chi connectivity index (χ2v) is 5.16. The van der Waals surface area contributed by atoms with E-state index in [1.54, 1.807) is 0 Å². The van der Waals surface area contributed by atoms with Crippen LogP contribution in [0.1, 0.15) is 46.5 Å². The molecule has 1 N–H and O–H groups in total. The third kappa shape index (κ3) is 4.31. The summed E-state index contributed by atoms with van der Waals surface area (Å²) in [6.07, 6.45) is 3.52. The van der Waals surface area contributed by atoms with Gasteiger partial charge in [-0.1, -0.05) is 6.92 Å². The lowest BCUT2D eigenvalue weighted by Gasteiger charge is -2.36. The Bertz CT molecular complexity index is 220. The zero-order valence-electron chi connectivity index (χ0n) is 10.1. The quantitative estimate of drug-likeness (QED) is 0.771. The molecule has 1 unspecified atom stereocenters. The molecule has 0 saturated heterocycles. The molecule has 1 aliphatic rings. The van der Waals surface area contributed by atoms with Gasteiger partial charge >= 0.3 is 0 Å². The minimum absolute atomic E-state index is 0.350. The van der Waals surface area contributed by atoms with Gasteiger partial charge in [0.1, 0.15) is 5.78 Å². The summed E-state index contributed by atoms with van der Waals surface area (Å²) in [5.74, 6) is 0.375. The van der Waals surface area contributed by atoms with Crippen molar-refractivity contribution in [1.29, 1.82) is 0 Å². The Morgan fingerprint density at radius 3 is 2.67 bits per heavy atom. The molecule has 1 aliphatic carbocycles. The highest BCUT2D eigenvalue weighted by Gasteiger charge is 2.27. The standard InChI is InChI=1S/C12H23NO2/c1-4-13(9-12(2,3)15)10-6-5-7-11(14)8-10/h10,15H,4-9H2,1-3H3. The summed E-state index contributed by atoms with van der Waals surface area (Å²) in [5.41, 5.74) is -0.670. The number of ketones is 1. The Hall–Kier alpha value is -0.410. The van der Waals surface area contributed by atoms with Crippen molar-refractivity contribution in [2.45, 2.75) is 58.1 Å². The summed E-state index contributed by atoms with van der Waals surface area (Å²) in [5, 5.41) is 9.79. The summed E-state index contributed by atoms with van der Waals surface area (Å²) in [6.45, 7) is 7.29. The molecular formula is C12H23NO2. The number of Topliss-reactive ketones (excluding diaryl/α,β-unsaturated/α-hetero) is 1. The second-order valence-electron chi connectivity index (χ2n) is 5.16. The molecule has 0 aromatic rings. The average Bonchev–Trinajstić information content (AvgIpc) is 2.13. The maximum Gasteiger partial charge on any atom is 0.134 e. The molecule has 0 radical (unpaired) electrons. The van der Waals surface area contributed by atoms with Crippen molar-refractivity contribution in [3.05, 3.63) is 0 Å². The van der Waals surface area contributed by atoms with E-state index in [0.717, 1.165) is 25.8 Å². The van der Waals surface area contributed by atoms with Crippen molar-refractivity contribution in [1.82, 2.24) is 4.90 Å². The van der Waals surface area contributed by atoms with Gasteiger partial charge in [0.15, 0.2) is 0 Å². The van der Waals surface area contributed by atoms with E-state index in [4.69, 9.17) is 0 Å². The Labute approximate surface area is 92.5 Å². The first kappa shape index (κ1) is 12.7. The first-order chi connectivity index (χ1) is 6.92. The summed E-state index contributed by atoms with van der Waals surface area (Å²) < 4.78 is 0. The van der Waals surface area contributed by atoms with Gasteiger partial charge in [0, 0.05) is 25.4 Å². The van der Waals surface area contributed by atoms with Crippen LogP contribution in [-0.4, -0.2) is 40.5 Å². The van der Waals surface area contributed by atoms with E-state index in [-0.39, 0.29) is 0 Å². The molecule has 88 valence electrons. The van der Waals surface area contributed by atoms with Crippen LogP contribution >= 0.6 is 0 Å². The molecule has 1 fully saturated rings. The lowest BCUT2D eigenvalue weighted by molar-refractivity contribution is -0.122. The number of hydrogen-bond donors (Lipinski definition) is 1. The highest BCUT2D eigenvalue weighted by Crippen LogP contribution is 2.21. The fraction of sp³-hybridized carbons (Fsp3) is 0.917. The first-order valence-corrected chi connectivity index (χ1v) is 5.90. The third-order valence-corrected chi connectivity index (χ3v) is 2.97. The molecule has 0 spiro atoms. The van der Waals surface area contributed by atoms with E-state index in [1.807, 2.05) is 13.8 Å². The molecule has 15 heavy (non-hydrogen) atoms. The Balaban J connectivity index is 2.53. The molecule has 0 amide bonds. The van der Waals surface area contributed by atoms with E-state index < -0.39 is 5.60 Å². The molecule has 0 aromatic carbocycles. The van der Waals surface area contributed by atoms with Crippen LogP contribution in [0.5, 0.6) is 0 Å². The largest absolute Gasteiger partial charge is 0.389 e. The van der Waals surface area contributed by atoms with Gasteiger partial charge in [-0.15, -0.1) is 0 Å². The van der Waals surface area contributed by atoms with Crippen LogP contribution < -0.4 is 0 Å². The van der Waals surface area contributed by atoms with Crippen molar-refractivity contribution < 1.29 is 9.90 Å². The molecule has 0 heterocycles. The molecule has 1 atom stereocenters. The van der Waals surface area contributed by atoms with E-state index in [0.29, 0.717) is 24.8 Å². The number of rotatable bonds is 4. The fourth-order valence-corrected chi connectivity index (χ4v) is 2.31. The van der Waals surface area contributed by atoms with Crippen molar-refractivity contribution in [2.24, 2.45) is 0 Å². The van der Waals surface area contributed by atoms with E-state index in [9.17, 15) is 9.90 Å². The van der Waals surface area contributed by atoms with Gasteiger partial charge in [0.25, 0.3) is 0 Å². The maximum atomic E-state index is 11.4. The maximum absolute atomic E-state index is 11.4. The summed E-state index contributed by atoms with van der Waals surface area (Å²) in [4.78, 5) is 13.6. The molecule has 0 aromatic heterocycles. The summed E-state index contributed by atoms with van der Waals surface area (Å²) in [7, 11) is 0. The lowest BCUT2D eigenvalue weighted by atomic mass is 9.92. The predicted octanol–water partition coefficient (Wildman–Crippen LogP) is 1.59. The number of hydrogen-bond acceptors (Lipinski definition) is 3. The van der Waals surface area contributed by atoms with Crippen molar-refractivity contribution in [3.8, 4) is 0 Å². The fourth-order valence-electron chi connectivity index (χ4n) is 2.31. The van der Waals surface area contributed by atoms with Crippen molar-refractivity contribution in [2.75, 3.05) is 13.1 Å². The van der Waals surface area contributed by atoms with Gasteiger partial charge in [0.05, 0.1) is 5.60 Å². The van der Waals surface area contributed by atoms with Gasteiger partial charge in [-0.3, -0.25) is 9.69 Å².